The smallest absolute Gasteiger partial charge is 0.175 e. The maximum atomic E-state index is 6.40. The molecule has 1 aliphatic rings. The molecule has 0 aromatic heterocycles. The standard InChI is InChI=1S/C35H34O2S/c1-25-13-10-19-30(23-28-15-6-4-7-16-28)32(25)35(33-27(3)36-21-12-22-37-33)38-34-26(2)14-11-20-31(34)24-29-17-8-5-9-18-29/h4-11,13-20H,3,12,21-24H2,1-2H3/b35-33+. The van der Waals surface area contributed by atoms with Gasteiger partial charge in [-0.3, -0.25) is 0 Å². The van der Waals surface area contributed by atoms with Gasteiger partial charge >= 0.3 is 0 Å². The van der Waals surface area contributed by atoms with Crippen molar-refractivity contribution in [3.8, 4) is 0 Å². The summed E-state index contributed by atoms with van der Waals surface area (Å²) >= 11 is 1.79. The van der Waals surface area contributed by atoms with Crippen molar-refractivity contribution in [3.05, 3.63) is 154 Å². The van der Waals surface area contributed by atoms with Crippen molar-refractivity contribution >= 4 is 16.7 Å². The molecule has 1 aliphatic heterocycles. The Morgan fingerprint density at radius 3 is 1.95 bits per heavy atom. The van der Waals surface area contributed by atoms with Crippen molar-refractivity contribution in [1.82, 2.24) is 0 Å². The second-order valence-electron chi connectivity index (χ2n) is 9.73. The van der Waals surface area contributed by atoms with Gasteiger partial charge in [-0.05, 0) is 65.6 Å². The Bertz CT molecular complexity index is 1440. The second kappa shape index (κ2) is 12.2. The molecule has 0 atom stereocenters. The average Bonchev–Trinajstić information content (AvgIpc) is 3.14. The number of ether oxygens (including phenoxy) is 2. The van der Waals surface area contributed by atoms with Crippen LogP contribution in [-0.2, 0) is 22.3 Å². The van der Waals surface area contributed by atoms with Crippen LogP contribution in [-0.4, -0.2) is 13.2 Å². The molecule has 3 heteroatoms. The van der Waals surface area contributed by atoms with Crippen molar-refractivity contribution in [2.24, 2.45) is 0 Å². The summed E-state index contributed by atoms with van der Waals surface area (Å²) in [5, 5.41) is 0. The summed E-state index contributed by atoms with van der Waals surface area (Å²) in [6.07, 6.45) is 2.55. The minimum Gasteiger partial charge on any atom is -0.490 e. The van der Waals surface area contributed by atoms with Crippen LogP contribution < -0.4 is 0 Å². The van der Waals surface area contributed by atoms with E-state index in [1.54, 1.807) is 11.8 Å². The lowest BCUT2D eigenvalue weighted by Crippen LogP contribution is -2.04. The zero-order chi connectivity index (χ0) is 26.3. The first-order valence-corrected chi connectivity index (χ1v) is 14.0. The SMILES string of the molecule is C=C1OCCCO/C1=C(/Sc1c(C)cccc1Cc1ccccc1)c1c(C)cccc1Cc1ccccc1. The Morgan fingerprint density at radius 1 is 0.684 bits per heavy atom. The molecule has 4 aromatic carbocycles. The summed E-state index contributed by atoms with van der Waals surface area (Å²) in [4.78, 5) is 2.33. The highest BCUT2D eigenvalue weighted by Crippen LogP contribution is 2.45. The predicted octanol–water partition coefficient (Wildman–Crippen LogP) is 8.90. The van der Waals surface area contributed by atoms with Gasteiger partial charge in [-0.15, -0.1) is 0 Å². The molecule has 0 N–H and O–H groups in total. The number of hydrogen-bond donors (Lipinski definition) is 0. The van der Waals surface area contributed by atoms with Crippen molar-refractivity contribution in [2.45, 2.75) is 38.0 Å². The van der Waals surface area contributed by atoms with E-state index in [2.05, 4.69) is 117 Å². The van der Waals surface area contributed by atoms with Gasteiger partial charge in [0, 0.05) is 11.3 Å². The molecule has 0 bridgehead atoms. The van der Waals surface area contributed by atoms with E-state index in [1.165, 1.54) is 43.8 Å². The van der Waals surface area contributed by atoms with Crippen LogP contribution in [0.25, 0.3) is 4.91 Å². The number of benzene rings is 4. The van der Waals surface area contributed by atoms with Crippen molar-refractivity contribution < 1.29 is 9.47 Å². The third kappa shape index (κ3) is 6.06. The lowest BCUT2D eigenvalue weighted by Gasteiger charge is -2.22. The second-order valence-corrected chi connectivity index (χ2v) is 10.8. The van der Waals surface area contributed by atoms with E-state index in [9.17, 15) is 0 Å². The molecule has 0 saturated carbocycles. The van der Waals surface area contributed by atoms with Crippen LogP contribution in [0.5, 0.6) is 0 Å². The fourth-order valence-electron chi connectivity index (χ4n) is 4.91. The van der Waals surface area contributed by atoms with E-state index >= 15 is 0 Å². The van der Waals surface area contributed by atoms with Crippen LogP contribution >= 0.6 is 11.8 Å². The normalized spacial score (nSPS) is 14.8. The molecule has 0 radical (unpaired) electrons. The third-order valence-corrected chi connectivity index (χ3v) is 8.21. The van der Waals surface area contributed by atoms with Gasteiger partial charge in [0.1, 0.15) is 0 Å². The molecule has 1 heterocycles. The largest absolute Gasteiger partial charge is 0.490 e. The Morgan fingerprint density at radius 2 is 1.26 bits per heavy atom. The first kappa shape index (κ1) is 25.9. The van der Waals surface area contributed by atoms with Gasteiger partial charge in [-0.2, -0.15) is 0 Å². The van der Waals surface area contributed by atoms with E-state index in [0.717, 1.165) is 29.9 Å². The third-order valence-electron chi connectivity index (χ3n) is 6.83. The van der Waals surface area contributed by atoms with Gasteiger partial charge in [0.05, 0.1) is 18.1 Å². The minimum absolute atomic E-state index is 0.608. The van der Waals surface area contributed by atoms with Crippen molar-refractivity contribution in [3.63, 3.8) is 0 Å². The fourth-order valence-corrected chi connectivity index (χ4v) is 6.27. The quantitative estimate of drug-likeness (QED) is 0.228. The Labute approximate surface area is 231 Å². The summed E-state index contributed by atoms with van der Waals surface area (Å²) in [6, 6.07) is 34.5. The molecule has 38 heavy (non-hydrogen) atoms. The molecule has 1 fully saturated rings. The van der Waals surface area contributed by atoms with Gasteiger partial charge in [-0.1, -0.05) is 115 Å². The number of rotatable bonds is 7. The number of aryl methyl sites for hydroxylation is 2. The Hall–Kier alpha value is -3.69. The van der Waals surface area contributed by atoms with Crippen LogP contribution in [0.3, 0.4) is 0 Å². The summed E-state index contributed by atoms with van der Waals surface area (Å²) in [5.41, 5.74) is 8.83. The van der Waals surface area contributed by atoms with Crippen LogP contribution in [0.15, 0.2) is 120 Å². The highest BCUT2D eigenvalue weighted by molar-refractivity contribution is 8.08. The van der Waals surface area contributed by atoms with Gasteiger partial charge in [0.15, 0.2) is 11.5 Å². The van der Waals surface area contributed by atoms with Crippen LogP contribution in [0, 0.1) is 13.8 Å². The van der Waals surface area contributed by atoms with Gasteiger partial charge in [0.25, 0.3) is 0 Å². The maximum absolute atomic E-state index is 6.40. The molecule has 0 amide bonds. The first-order valence-electron chi connectivity index (χ1n) is 13.2. The fraction of sp³-hybridized carbons (Fsp3) is 0.200. The number of thioether (sulfide) groups is 1. The minimum atomic E-state index is 0.608. The topological polar surface area (TPSA) is 18.5 Å². The van der Waals surface area contributed by atoms with E-state index in [-0.39, 0.29) is 0 Å². The summed E-state index contributed by atoms with van der Waals surface area (Å²) in [7, 11) is 0. The highest BCUT2D eigenvalue weighted by atomic mass is 32.2. The summed E-state index contributed by atoms with van der Waals surface area (Å²) in [5.74, 6) is 1.36. The predicted molar refractivity (Wildman–Crippen MR) is 159 cm³/mol. The molecule has 192 valence electrons. The molecular weight excluding hydrogens is 484 g/mol. The van der Waals surface area contributed by atoms with Crippen LogP contribution in [0.2, 0.25) is 0 Å². The molecule has 5 rings (SSSR count). The Balaban J connectivity index is 1.65. The Kier molecular flexibility index (Phi) is 8.35. The van der Waals surface area contributed by atoms with E-state index in [4.69, 9.17) is 9.47 Å². The molecule has 0 unspecified atom stereocenters. The zero-order valence-electron chi connectivity index (χ0n) is 22.2. The molecule has 0 spiro atoms. The zero-order valence-corrected chi connectivity index (χ0v) is 23.0. The highest BCUT2D eigenvalue weighted by Gasteiger charge is 2.24. The maximum Gasteiger partial charge on any atom is 0.175 e. The van der Waals surface area contributed by atoms with E-state index in [0.29, 0.717) is 19.0 Å². The molecule has 4 aromatic rings. The van der Waals surface area contributed by atoms with Gasteiger partial charge < -0.3 is 9.47 Å². The van der Waals surface area contributed by atoms with Crippen LogP contribution in [0.4, 0.5) is 0 Å². The van der Waals surface area contributed by atoms with Gasteiger partial charge in [-0.25, -0.2) is 0 Å². The first-order chi connectivity index (χ1) is 18.6. The van der Waals surface area contributed by atoms with Gasteiger partial charge in [0.2, 0.25) is 0 Å². The summed E-state index contributed by atoms with van der Waals surface area (Å²) in [6.45, 7) is 9.90. The monoisotopic (exact) mass is 518 g/mol. The lowest BCUT2D eigenvalue weighted by molar-refractivity contribution is 0.224. The molecule has 2 nitrogen and oxygen atoms in total. The number of hydrogen-bond acceptors (Lipinski definition) is 3. The van der Waals surface area contributed by atoms with Crippen molar-refractivity contribution in [2.75, 3.05) is 13.2 Å². The molecule has 1 saturated heterocycles. The average molecular weight is 519 g/mol. The van der Waals surface area contributed by atoms with Crippen LogP contribution in [0.1, 0.15) is 45.4 Å². The lowest BCUT2D eigenvalue weighted by atomic mass is 9.95. The molecular formula is C35H34O2S. The summed E-state index contributed by atoms with van der Waals surface area (Å²) < 4.78 is 12.4. The van der Waals surface area contributed by atoms with E-state index < -0.39 is 0 Å². The van der Waals surface area contributed by atoms with Crippen molar-refractivity contribution in [1.29, 1.82) is 0 Å². The van der Waals surface area contributed by atoms with E-state index in [1.807, 2.05) is 0 Å². The molecule has 0 aliphatic carbocycles.